The van der Waals surface area contributed by atoms with Gasteiger partial charge in [-0.2, -0.15) is 0 Å². The monoisotopic (exact) mass is 402 g/mol. The Morgan fingerprint density at radius 2 is 1.93 bits per heavy atom. The Balaban J connectivity index is 1.40. The van der Waals surface area contributed by atoms with Crippen molar-refractivity contribution in [3.63, 3.8) is 0 Å². The number of urea groups is 1. The first-order valence-electron chi connectivity index (χ1n) is 8.60. The minimum absolute atomic E-state index is 0.197. The van der Waals surface area contributed by atoms with Gasteiger partial charge in [-0.3, -0.25) is 0 Å². The molecule has 7 heteroatoms. The molecule has 1 atom stereocenters. The average Bonchev–Trinajstić information content (AvgIpc) is 3.38. The van der Waals surface area contributed by atoms with Crippen molar-refractivity contribution < 1.29 is 14.6 Å². The minimum Gasteiger partial charge on any atom is -0.497 e. The highest BCUT2D eigenvalue weighted by molar-refractivity contribution is 7.12. The van der Waals surface area contributed by atoms with Crippen molar-refractivity contribution in [1.29, 1.82) is 0 Å². The van der Waals surface area contributed by atoms with Gasteiger partial charge in [-0.25, -0.2) is 4.79 Å². The van der Waals surface area contributed by atoms with Crippen LogP contribution in [0.15, 0.2) is 53.9 Å². The van der Waals surface area contributed by atoms with Crippen molar-refractivity contribution in [2.24, 2.45) is 0 Å². The molecule has 0 bridgehead atoms. The molecule has 3 N–H and O–H groups in total. The Labute approximate surface area is 166 Å². The summed E-state index contributed by atoms with van der Waals surface area (Å²) in [7, 11) is 1.64. The van der Waals surface area contributed by atoms with Crippen molar-refractivity contribution in [2.75, 3.05) is 13.7 Å². The molecule has 0 aliphatic rings. The number of ether oxygens (including phenoxy) is 1. The normalized spacial score (nSPS) is 11.8. The predicted molar refractivity (Wildman–Crippen MR) is 110 cm³/mol. The van der Waals surface area contributed by atoms with Crippen LogP contribution in [0.2, 0.25) is 0 Å². The highest BCUT2D eigenvalue weighted by atomic mass is 32.1. The van der Waals surface area contributed by atoms with Crippen LogP contribution in [0.4, 0.5) is 4.79 Å². The summed E-state index contributed by atoms with van der Waals surface area (Å²) in [6.45, 7) is 1.00. The van der Waals surface area contributed by atoms with E-state index in [0.717, 1.165) is 32.4 Å². The lowest BCUT2D eigenvalue weighted by Crippen LogP contribution is -2.36. The first-order valence-corrected chi connectivity index (χ1v) is 10.3. The molecular weight excluding hydrogens is 380 g/mol. The highest BCUT2D eigenvalue weighted by Gasteiger charge is 2.14. The number of nitrogens with one attached hydrogen (secondary N) is 2. The quantitative estimate of drug-likeness (QED) is 0.534. The van der Waals surface area contributed by atoms with Gasteiger partial charge in [0.05, 0.1) is 13.7 Å². The summed E-state index contributed by atoms with van der Waals surface area (Å²) in [5, 5.41) is 18.0. The third-order valence-corrected chi connectivity index (χ3v) is 6.11. The number of hydrogen-bond donors (Lipinski definition) is 3. The first-order chi connectivity index (χ1) is 13.2. The Morgan fingerprint density at radius 3 is 2.63 bits per heavy atom. The maximum atomic E-state index is 11.9. The molecule has 1 unspecified atom stereocenters. The summed E-state index contributed by atoms with van der Waals surface area (Å²) in [4.78, 5) is 14.8. The van der Waals surface area contributed by atoms with Gasteiger partial charge in [0.1, 0.15) is 11.9 Å². The second-order valence-corrected chi connectivity index (χ2v) is 8.11. The zero-order valence-electron chi connectivity index (χ0n) is 15.0. The van der Waals surface area contributed by atoms with Crippen LogP contribution < -0.4 is 15.4 Å². The van der Waals surface area contributed by atoms with Gasteiger partial charge in [0, 0.05) is 21.2 Å². The number of hydrogen-bond acceptors (Lipinski definition) is 5. The van der Waals surface area contributed by atoms with E-state index in [-0.39, 0.29) is 6.03 Å². The van der Waals surface area contributed by atoms with Crippen LogP contribution in [0, 0.1) is 0 Å². The molecule has 0 saturated carbocycles. The van der Waals surface area contributed by atoms with Crippen LogP contribution in [0.3, 0.4) is 0 Å². The van der Waals surface area contributed by atoms with Crippen LogP contribution in [-0.2, 0) is 13.0 Å². The third-order valence-electron chi connectivity index (χ3n) is 4.05. The molecule has 3 aromatic rings. The molecule has 1 aromatic carbocycles. The number of carbonyl (C=O) groups is 1. The lowest BCUT2D eigenvalue weighted by Gasteiger charge is -2.08. The Kier molecular flexibility index (Phi) is 6.86. The van der Waals surface area contributed by atoms with Crippen LogP contribution in [0.25, 0.3) is 0 Å². The number of aliphatic hydroxyl groups is 1. The molecule has 2 heterocycles. The van der Waals surface area contributed by atoms with Crippen molar-refractivity contribution >= 4 is 28.7 Å². The molecule has 27 heavy (non-hydrogen) atoms. The molecule has 0 radical (unpaired) electrons. The average molecular weight is 403 g/mol. The number of benzene rings is 1. The van der Waals surface area contributed by atoms with Crippen molar-refractivity contribution in [3.05, 3.63) is 74.1 Å². The summed E-state index contributed by atoms with van der Waals surface area (Å²) in [5.74, 6) is 0.823. The van der Waals surface area contributed by atoms with E-state index < -0.39 is 6.10 Å². The Hall–Kier alpha value is -2.35. The molecule has 2 aromatic heterocycles. The summed E-state index contributed by atoms with van der Waals surface area (Å²) < 4.78 is 5.13. The van der Waals surface area contributed by atoms with Crippen LogP contribution >= 0.6 is 22.7 Å². The highest BCUT2D eigenvalue weighted by Crippen LogP contribution is 2.30. The predicted octanol–water partition coefficient (Wildman–Crippen LogP) is 3.94. The minimum atomic E-state index is -0.595. The lowest BCUT2D eigenvalue weighted by molar-refractivity contribution is 0.228. The van der Waals surface area contributed by atoms with Gasteiger partial charge in [0.2, 0.25) is 0 Å². The summed E-state index contributed by atoms with van der Waals surface area (Å²) >= 11 is 3.04. The SMILES string of the molecule is COc1ccc(CCNC(=O)NCc2ccc(C(O)c3cccs3)s2)cc1. The van der Waals surface area contributed by atoms with Gasteiger partial charge >= 0.3 is 6.03 Å². The number of amides is 2. The zero-order chi connectivity index (χ0) is 19.1. The van der Waals surface area contributed by atoms with Crippen LogP contribution in [-0.4, -0.2) is 24.8 Å². The standard InChI is InChI=1S/C20H22N2O3S2/c1-25-15-6-4-14(5-7-15)10-11-21-20(24)22-13-16-8-9-18(27-16)19(23)17-3-2-12-26-17/h2-9,12,19,23H,10-11,13H2,1H3,(H2,21,22,24). The molecule has 0 spiro atoms. The van der Waals surface area contributed by atoms with E-state index in [1.54, 1.807) is 7.11 Å². The fourth-order valence-electron chi connectivity index (χ4n) is 2.57. The van der Waals surface area contributed by atoms with E-state index in [9.17, 15) is 9.90 Å². The number of rotatable bonds is 8. The molecule has 0 aliphatic carbocycles. The van der Waals surface area contributed by atoms with Gasteiger partial charge in [0.15, 0.2) is 0 Å². The Bertz CT molecular complexity index is 845. The van der Waals surface area contributed by atoms with Crippen molar-refractivity contribution in [2.45, 2.75) is 19.1 Å². The van der Waals surface area contributed by atoms with Crippen LogP contribution in [0.5, 0.6) is 5.75 Å². The molecule has 0 aliphatic heterocycles. The molecule has 5 nitrogen and oxygen atoms in total. The summed E-state index contributed by atoms with van der Waals surface area (Å²) in [6.07, 6.45) is 0.162. The molecule has 2 amide bonds. The summed E-state index contributed by atoms with van der Waals surface area (Å²) in [6, 6.07) is 15.3. The molecule has 142 valence electrons. The third kappa shape index (κ3) is 5.56. The molecule has 3 rings (SSSR count). The fraction of sp³-hybridized carbons (Fsp3) is 0.250. The zero-order valence-corrected chi connectivity index (χ0v) is 16.6. The molecule has 0 fully saturated rings. The van der Waals surface area contributed by atoms with Crippen molar-refractivity contribution in [3.8, 4) is 5.75 Å². The van der Waals surface area contributed by atoms with E-state index in [1.807, 2.05) is 53.9 Å². The van der Waals surface area contributed by atoms with Gasteiger partial charge < -0.3 is 20.5 Å². The van der Waals surface area contributed by atoms with Gasteiger partial charge in [-0.05, 0) is 47.7 Å². The van der Waals surface area contributed by atoms with E-state index in [0.29, 0.717) is 13.1 Å². The number of methoxy groups -OCH3 is 1. The van der Waals surface area contributed by atoms with Gasteiger partial charge in [0.25, 0.3) is 0 Å². The number of carbonyl (C=O) groups excluding carboxylic acids is 1. The number of aliphatic hydroxyl groups excluding tert-OH is 1. The first kappa shape index (κ1) is 19.4. The Morgan fingerprint density at radius 1 is 1.11 bits per heavy atom. The topological polar surface area (TPSA) is 70.6 Å². The maximum absolute atomic E-state index is 11.9. The van der Waals surface area contributed by atoms with Crippen molar-refractivity contribution in [1.82, 2.24) is 10.6 Å². The molecular formula is C20H22N2O3S2. The van der Waals surface area contributed by atoms with E-state index in [2.05, 4.69) is 10.6 Å². The lowest BCUT2D eigenvalue weighted by atomic mass is 10.1. The summed E-state index contributed by atoms with van der Waals surface area (Å²) in [5.41, 5.74) is 1.14. The smallest absolute Gasteiger partial charge is 0.315 e. The van der Waals surface area contributed by atoms with Crippen LogP contribution in [0.1, 0.15) is 26.3 Å². The van der Waals surface area contributed by atoms with E-state index in [1.165, 1.54) is 22.7 Å². The molecule has 0 saturated heterocycles. The van der Waals surface area contributed by atoms with Gasteiger partial charge in [-0.1, -0.05) is 18.2 Å². The second-order valence-electron chi connectivity index (χ2n) is 5.93. The van der Waals surface area contributed by atoms with Gasteiger partial charge in [-0.15, -0.1) is 22.7 Å². The van der Waals surface area contributed by atoms with E-state index in [4.69, 9.17) is 4.74 Å². The fourth-order valence-corrected chi connectivity index (χ4v) is 4.33. The largest absolute Gasteiger partial charge is 0.497 e. The number of thiophene rings is 2. The second kappa shape index (κ2) is 9.55. The van der Waals surface area contributed by atoms with E-state index >= 15 is 0 Å². The maximum Gasteiger partial charge on any atom is 0.315 e.